The van der Waals surface area contributed by atoms with E-state index >= 15 is 0 Å². The topological polar surface area (TPSA) is 84.9 Å². The number of benzene rings is 1. The molecule has 7 heteroatoms. The second-order valence-electron chi connectivity index (χ2n) is 4.33. The zero-order valence-electron chi connectivity index (χ0n) is 11.8. The first-order valence-electron chi connectivity index (χ1n) is 6.33. The van der Waals surface area contributed by atoms with Crippen molar-refractivity contribution in [2.24, 2.45) is 0 Å². The fraction of sp³-hybridized carbons (Fsp3) is 0.538. The van der Waals surface area contributed by atoms with Gasteiger partial charge < -0.3 is 14.8 Å². The van der Waals surface area contributed by atoms with Crippen LogP contribution < -0.4 is 14.8 Å². The van der Waals surface area contributed by atoms with Crippen molar-refractivity contribution in [1.82, 2.24) is 5.32 Å². The van der Waals surface area contributed by atoms with Crippen LogP contribution in [0.5, 0.6) is 11.5 Å². The summed E-state index contributed by atoms with van der Waals surface area (Å²) in [7, 11) is -0.667. The summed E-state index contributed by atoms with van der Waals surface area (Å²) in [5, 5.41) is 3.12. The summed E-state index contributed by atoms with van der Waals surface area (Å²) < 4.78 is 40.0. The predicted octanol–water partition coefficient (Wildman–Crippen LogP) is 1.11. The summed E-state index contributed by atoms with van der Waals surface area (Å²) in [6.45, 7) is 1.27. The molecule has 0 aromatic heterocycles. The van der Waals surface area contributed by atoms with Crippen molar-refractivity contribution in [3.63, 3.8) is 0 Å². The van der Waals surface area contributed by atoms with Crippen LogP contribution in [-0.4, -0.2) is 46.0 Å². The molecule has 1 rings (SSSR count). The summed E-state index contributed by atoms with van der Waals surface area (Å²) in [5.41, 5.74) is 1.10. The molecule has 0 aliphatic rings. The SMILES string of the molecule is COc1ccc(CCNCCCS(=O)(=O)O)cc1OC. The Hall–Kier alpha value is -1.31. The van der Waals surface area contributed by atoms with Gasteiger partial charge in [-0.05, 0) is 43.6 Å². The van der Waals surface area contributed by atoms with E-state index in [-0.39, 0.29) is 5.75 Å². The van der Waals surface area contributed by atoms with Crippen molar-refractivity contribution in [2.75, 3.05) is 33.1 Å². The van der Waals surface area contributed by atoms with Gasteiger partial charge >= 0.3 is 0 Å². The van der Waals surface area contributed by atoms with Crippen LogP contribution in [0.25, 0.3) is 0 Å². The number of ether oxygens (including phenoxy) is 2. The van der Waals surface area contributed by atoms with Crippen molar-refractivity contribution < 1.29 is 22.4 Å². The average Bonchev–Trinajstić information content (AvgIpc) is 2.41. The lowest BCUT2D eigenvalue weighted by atomic mass is 10.1. The quantitative estimate of drug-likeness (QED) is 0.525. The lowest BCUT2D eigenvalue weighted by Crippen LogP contribution is -2.20. The Balaban J connectivity index is 2.32. The van der Waals surface area contributed by atoms with Crippen LogP contribution in [0, 0.1) is 0 Å². The molecule has 0 fully saturated rings. The molecule has 2 N–H and O–H groups in total. The zero-order valence-corrected chi connectivity index (χ0v) is 12.6. The fourth-order valence-corrected chi connectivity index (χ4v) is 2.28. The molecular weight excluding hydrogens is 282 g/mol. The highest BCUT2D eigenvalue weighted by Gasteiger charge is 2.05. The molecule has 6 nitrogen and oxygen atoms in total. The van der Waals surface area contributed by atoms with E-state index in [0.717, 1.165) is 18.5 Å². The van der Waals surface area contributed by atoms with E-state index in [1.165, 1.54) is 0 Å². The van der Waals surface area contributed by atoms with Crippen LogP contribution in [0.15, 0.2) is 18.2 Å². The summed E-state index contributed by atoms with van der Waals surface area (Å²) in [6, 6.07) is 5.73. The van der Waals surface area contributed by atoms with Crippen LogP contribution in [-0.2, 0) is 16.5 Å². The summed E-state index contributed by atoms with van der Waals surface area (Å²) >= 11 is 0. The van der Waals surface area contributed by atoms with Gasteiger partial charge in [0.25, 0.3) is 10.1 Å². The van der Waals surface area contributed by atoms with Gasteiger partial charge in [0.05, 0.1) is 20.0 Å². The van der Waals surface area contributed by atoms with Crippen LogP contribution >= 0.6 is 0 Å². The Morgan fingerprint density at radius 2 is 1.85 bits per heavy atom. The smallest absolute Gasteiger partial charge is 0.264 e. The number of hydrogen-bond acceptors (Lipinski definition) is 5. The molecule has 0 radical (unpaired) electrons. The maximum absolute atomic E-state index is 10.5. The van der Waals surface area contributed by atoms with E-state index in [9.17, 15) is 8.42 Å². The van der Waals surface area contributed by atoms with Gasteiger partial charge in [0, 0.05) is 0 Å². The largest absolute Gasteiger partial charge is 0.493 e. The third-order valence-corrected chi connectivity index (χ3v) is 3.60. The Morgan fingerprint density at radius 1 is 1.15 bits per heavy atom. The van der Waals surface area contributed by atoms with Gasteiger partial charge in [0.1, 0.15) is 0 Å². The average molecular weight is 303 g/mol. The molecule has 1 aromatic rings. The lowest BCUT2D eigenvalue weighted by molar-refractivity contribution is 0.354. The monoisotopic (exact) mass is 303 g/mol. The van der Waals surface area contributed by atoms with Crippen LogP contribution in [0.1, 0.15) is 12.0 Å². The molecule has 0 aliphatic carbocycles. The minimum Gasteiger partial charge on any atom is -0.493 e. The van der Waals surface area contributed by atoms with E-state index in [2.05, 4.69) is 5.32 Å². The van der Waals surface area contributed by atoms with Crippen LogP contribution in [0.4, 0.5) is 0 Å². The minimum absolute atomic E-state index is 0.212. The zero-order chi connectivity index (χ0) is 15.0. The van der Waals surface area contributed by atoms with Gasteiger partial charge in [0.15, 0.2) is 11.5 Å². The second-order valence-corrected chi connectivity index (χ2v) is 5.90. The third kappa shape index (κ3) is 6.23. The van der Waals surface area contributed by atoms with Gasteiger partial charge in [-0.3, -0.25) is 4.55 Å². The Kier molecular flexibility index (Phi) is 6.77. The van der Waals surface area contributed by atoms with E-state index in [0.29, 0.717) is 24.5 Å². The van der Waals surface area contributed by atoms with Gasteiger partial charge in [-0.25, -0.2) is 0 Å². The Labute approximate surface area is 119 Å². The van der Waals surface area contributed by atoms with Crippen molar-refractivity contribution in [2.45, 2.75) is 12.8 Å². The molecule has 0 unspecified atom stereocenters. The highest BCUT2D eigenvalue weighted by molar-refractivity contribution is 7.85. The Morgan fingerprint density at radius 3 is 2.45 bits per heavy atom. The summed E-state index contributed by atoms with van der Waals surface area (Å²) in [5.74, 6) is 1.17. The van der Waals surface area contributed by atoms with Crippen molar-refractivity contribution in [1.29, 1.82) is 0 Å². The first kappa shape index (κ1) is 16.7. The highest BCUT2D eigenvalue weighted by Crippen LogP contribution is 2.27. The van der Waals surface area contributed by atoms with Crippen LogP contribution in [0.2, 0.25) is 0 Å². The number of methoxy groups -OCH3 is 2. The molecule has 0 bridgehead atoms. The minimum atomic E-state index is -3.85. The summed E-state index contributed by atoms with van der Waals surface area (Å²) in [4.78, 5) is 0. The van der Waals surface area contributed by atoms with Gasteiger partial charge in [-0.1, -0.05) is 6.07 Å². The maximum Gasteiger partial charge on any atom is 0.264 e. The molecule has 0 saturated carbocycles. The van der Waals surface area contributed by atoms with Gasteiger partial charge in [-0.15, -0.1) is 0 Å². The maximum atomic E-state index is 10.5. The molecule has 114 valence electrons. The van der Waals surface area contributed by atoms with E-state index in [1.807, 2.05) is 18.2 Å². The fourth-order valence-electron chi connectivity index (χ4n) is 1.77. The molecule has 0 atom stereocenters. The van der Waals surface area contributed by atoms with Crippen molar-refractivity contribution >= 4 is 10.1 Å². The second kappa shape index (κ2) is 8.08. The predicted molar refractivity (Wildman–Crippen MR) is 77.2 cm³/mol. The van der Waals surface area contributed by atoms with E-state index < -0.39 is 10.1 Å². The highest BCUT2D eigenvalue weighted by atomic mass is 32.2. The van der Waals surface area contributed by atoms with Crippen LogP contribution in [0.3, 0.4) is 0 Å². The standard InChI is InChI=1S/C13H21NO5S/c1-18-12-5-4-11(10-13(12)19-2)6-8-14-7-3-9-20(15,16)17/h4-5,10,14H,3,6-9H2,1-2H3,(H,15,16,17). The first-order valence-corrected chi connectivity index (χ1v) is 7.94. The molecule has 0 saturated heterocycles. The number of hydrogen-bond donors (Lipinski definition) is 2. The molecule has 1 aromatic carbocycles. The Bertz CT molecular complexity index is 515. The molecule has 0 spiro atoms. The van der Waals surface area contributed by atoms with Gasteiger partial charge in [-0.2, -0.15) is 8.42 Å². The van der Waals surface area contributed by atoms with Crippen molar-refractivity contribution in [3.05, 3.63) is 23.8 Å². The number of nitrogens with one attached hydrogen (secondary N) is 1. The molecule has 0 aliphatic heterocycles. The molecular formula is C13H21NO5S. The van der Waals surface area contributed by atoms with Crippen molar-refractivity contribution in [3.8, 4) is 11.5 Å². The molecule has 0 heterocycles. The molecule has 20 heavy (non-hydrogen) atoms. The summed E-state index contributed by atoms with van der Waals surface area (Å²) in [6.07, 6.45) is 1.19. The normalized spacial score (nSPS) is 11.3. The molecule has 0 amide bonds. The number of rotatable bonds is 9. The lowest BCUT2D eigenvalue weighted by Gasteiger charge is -2.10. The van der Waals surface area contributed by atoms with E-state index in [4.69, 9.17) is 14.0 Å². The third-order valence-electron chi connectivity index (χ3n) is 2.79. The van der Waals surface area contributed by atoms with E-state index in [1.54, 1.807) is 14.2 Å². The first-order chi connectivity index (χ1) is 9.46. The van der Waals surface area contributed by atoms with Gasteiger partial charge in [0.2, 0.25) is 0 Å².